The van der Waals surface area contributed by atoms with E-state index in [1.165, 1.54) is 0 Å². The van der Waals surface area contributed by atoms with Crippen LogP contribution in [0.5, 0.6) is 0 Å². The van der Waals surface area contributed by atoms with Gasteiger partial charge < -0.3 is 5.11 Å². The number of fused-ring (bicyclic) bond motifs is 1. The third-order valence-electron chi connectivity index (χ3n) is 2.78. The van der Waals surface area contributed by atoms with Crippen molar-refractivity contribution < 1.29 is 9.90 Å². The molecule has 0 spiro atoms. The Morgan fingerprint density at radius 3 is 2.50 bits per heavy atom. The van der Waals surface area contributed by atoms with E-state index in [9.17, 15) is 4.79 Å². The minimum atomic E-state index is -0.951. The molecule has 0 unspecified atom stereocenters. The van der Waals surface area contributed by atoms with Crippen molar-refractivity contribution in [1.82, 2.24) is 4.48 Å². The number of quaternary nitrogens is 1. The predicted molar refractivity (Wildman–Crippen MR) is 65.7 cm³/mol. The van der Waals surface area contributed by atoms with Gasteiger partial charge in [-0.15, -0.1) is 0 Å². The van der Waals surface area contributed by atoms with E-state index in [2.05, 4.69) is 0 Å². The van der Waals surface area contributed by atoms with Crippen molar-refractivity contribution in [2.45, 2.75) is 0 Å². The first kappa shape index (κ1) is 11.5. The smallest absolute Gasteiger partial charge is 0.390 e. The van der Waals surface area contributed by atoms with Gasteiger partial charge in [-0.3, -0.25) is 4.48 Å². The fraction of sp³-hybridized carbons (Fsp3) is 0.182. The number of nitrogens with zero attached hydrogens (tertiary/aromatic N) is 1. The fourth-order valence-electron chi connectivity index (χ4n) is 1.91. The highest BCUT2D eigenvalue weighted by atomic mass is 35.5. The number of aliphatic carboxylic acids is 1. The first-order chi connectivity index (χ1) is 7.34. The fourth-order valence-corrected chi connectivity index (χ4v) is 2.44. The normalized spacial score (nSPS) is 16.9. The lowest BCUT2D eigenvalue weighted by atomic mass is 10.2. The molecule has 1 aliphatic heterocycles. The van der Waals surface area contributed by atoms with E-state index >= 15 is 0 Å². The summed E-state index contributed by atoms with van der Waals surface area (Å²) in [7, 11) is 3.58. The Kier molecular flexibility index (Phi) is 2.49. The highest BCUT2D eigenvalue weighted by Crippen LogP contribution is 2.42. The maximum absolute atomic E-state index is 11.1. The van der Waals surface area contributed by atoms with E-state index in [-0.39, 0.29) is 10.2 Å². The van der Waals surface area contributed by atoms with Crippen LogP contribution in [0.15, 0.2) is 17.8 Å². The van der Waals surface area contributed by atoms with E-state index in [0.29, 0.717) is 10.0 Å². The molecule has 0 atom stereocenters. The number of likely N-dealkylation sites (N-methyl/N-ethyl adjacent to an activating group) is 1. The highest BCUT2D eigenvalue weighted by molar-refractivity contribution is 6.36. The zero-order valence-corrected chi connectivity index (χ0v) is 10.3. The number of hydrogen-bond donors (Lipinski definition) is 1. The molecule has 3 nitrogen and oxygen atoms in total. The number of rotatable bonds is 1. The maximum atomic E-state index is 11.1. The molecule has 1 aromatic rings. The second kappa shape index (κ2) is 3.48. The molecule has 1 heterocycles. The lowest BCUT2D eigenvalue weighted by Gasteiger charge is -2.25. The van der Waals surface area contributed by atoms with Crippen LogP contribution in [0.3, 0.4) is 0 Å². The molecule has 0 amide bonds. The largest absolute Gasteiger partial charge is 0.474 e. The molecule has 0 radical (unpaired) electrons. The summed E-state index contributed by atoms with van der Waals surface area (Å²) in [6.07, 6.45) is 1.59. The molecule has 84 valence electrons. The van der Waals surface area contributed by atoms with E-state index in [4.69, 9.17) is 28.3 Å². The van der Waals surface area contributed by atoms with Gasteiger partial charge in [0, 0.05) is 17.2 Å². The van der Waals surface area contributed by atoms with Crippen LogP contribution in [-0.4, -0.2) is 25.2 Å². The van der Waals surface area contributed by atoms with Crippen LogP contribution in [0.2, 0.25) is 10.0 Å². The first-order valence-electron chi connectivity index (χ1n) is 4.63. The van der Waals surface area contributed by atoms with Crippen LogP contribution >= 0.6 is 23.2 Å². The van der Waals surface area contributed by atoms with E-state index in [1.807, 2.05) is 0 Å². The summed E-state index contributed by atoms with van der Waals surface area (Å²) < 4.78 is 0.144. The minimum Gasteiger partial charge on any atom is -0.474 e. The summed E-state index contributed by atoms with van der Waals surface area (Å²) in [4.78, 5) is 11.1. The summed E-state index contributed by atoms with van der Waals surface area (Å²) >= 11 is 12.0. The number of halogens is 2. The summed E-state index contributed by atoms with van der Waals surface area (Å²) in [6, 6.07) is 3.36. The van der Waals surface area contributed by atoms with Gasteiger partial charge in [0.05, 0.1) is 24.7 Å². The molecular weight excluding hydrogens is 249 g/mol. The minimum absolute atomic E-state index is 0.144. The summed E-state index contributed by atoms with van der Waals surface area (Å²) in [5.41, 5.74) is 1.81. The highest BCUT2D eigenvalue weighted by Gasteiger charge is 2.39. The van der Waals surface area contributed by atoms with Gasteiger partial charge in [0.15, 0.2) is 0 Å². The molecular formula is C11H10Cl2NO2+. The molecule has 1 aromatic carbocycles. The standard InChI is InChI=1S/C11H9Cl2NO2/c1-14(2)9-4-6(12)3-8(13)7(9)5-10(14)11(15)16/h3-5H,1-2H3/p+1. The average Bonchev–Trinajstić information content (AvgIpc) is 2.39. The van der Waals surface area contributed by atoms with Gasteiger partial charge in [0.2, 0.25) is 5.70 Å². The third-order valence-corrected chi connectivity index (χ3v) is 3.31. The summed E-state index contributed by atoms with van der Waals surface area (Å²) in [5, 5.41) is 10.1. The number of carboxylic acids is 1. The zero-order chi connectivity index (χ0) is 12.1. The second-order valence-corrected chi connectivity index (χ2v) is 4.95. The molecule has 1 N–H and O–H groups in total. The van der Waals surface area contributed by atoms with Crippen molar-refractivity contribution in [2.24, 2.45) is 0 Å². The van der Waals surface area contributed by atoms with E-state index in [1.54, 1.807) is 32.3 Å². The van der Waals surface area contributed by atoms with E-state index in [0.717, 1.165) is 11.3 Å². The SMILES string of the molecule is C[N+]1(C)C(C(=O)O)=Cc2c(Cl)cc(Cl)cc21. The lowest BCUT2D eigenvalue weighted by molar-refractivity contribution is -0.133. The number of carbonyl (C=O) groups is 1. The van der Waals surface area contributed by atoms with Crippen LogP contribution in [0.4, 0.5) is 5.69 Å². The first-order valence-corrected chi connectivity index (χ1v) is 5.39. The van der Waals surface area contributed by atoms with Gasteiger partial charge in [-0.1, -0.05) is 23.2 Å². The monoisotopic (exact) mass is 258 g/mol. The number of benzene rings is 1. The predicted octanol–water partition coefficient (Wildman–Crippen LogP) is 3.00. The third kappa shape index (κ3) is 1.52. The molecule has 2 rings (SSSR count). The van der Waals surface area contributed by atoms with Crippen LogP contribution < -0.4 is 4.48 Å². The van der Waals surface area contributed by atoms with E-state index < -0.39 is 5.97 Å². The summed E-state index contributed by atoms with van der Waals surface area (Å²) in [5.74, 6) is -0.951. The van der Waals surface area contributed by atoms with Crippen molar-refractivity contribution in [2.75, 3.05) is 14.1 Å². The van der Waals surface area contributed by atoms with Gasteiger partial charge in [0.25, 0.3) is 0 Å². The molecule has 0 bridgehead atoms. The Labute approximate surface area is 103 Å². The molecule has 5 heteroatoms. The number of hydrogen-bond acceptors (Lipinski definition) is 1. The molecule has 0 saturated carbocycles. The lowest BCUT2D eigenvalue weighted by Crippen LogP contribution is -2.40. The van der Waals surface area contributed by atoms with Gasteiger partial charge in [-0.25, -0.2) is 4.79 Å². The quantitative estimate of drug-likeness (QED) is 0.787. The van der Waals surface area contributed by atoms with Crippen molar-refractivity contribution in [1.29, 1.82) is 0 Å². The van der Waals surface area contributed by atoms with Gasteiger partial charge in [-0.2, -0.15) is 0 Å². The summed E-state index contributed by atoms with van der Waals surface area (Å²) in [6.45, 7) is 0. The Hall–Kier alpha value is -1.03. The van der Waals surface area contributed by atoms with Gasteiger partial charge in [0.1, 0.15) is 5.69 Å². The van der Waals surface area contributed by atoms with Crippen LogP contribution in [-0.2, 0) is 4.79 Å². The Morgan fingerprint density at radius 1 is 1.31 bits per heavy atom. The molecule has 1 aliphatic rings. The van der Waals surface area contributed by atoms with Crippen molar-refractivity contribution >= 4 is 40.9 Å². The maximum Gasteiger partial charge on any atom is 0.390 e. The second-order valence-electron chi connectivity index (χ2n) is 4.11. The Bertz CT molecular complexity index is 521. The topological polar surface area (TPSA) is 37.3 Å². The van der Waals surface area contributed by atoms with Crippen molar-refractivity contribution in [3.63, 3.8) is 0 Å². The van der Waals surface area contributed by atoms with Crippen molar-refractivity contribution in [3.8, 4) is 0 Å². The van der Waals surface area contributed by atoms with Gasteiger partial charge in [-0.05, 0) is 6.07 Å². The van der Waals surface area contributed by atoms with Crippen LogP contribution in [0.1, 0.15) is 5.56 Å². The number of carboxylic acid groups (broad SMARTS) is 1. The molecule has 0 saturated heterocycles. The molecule has 0 aliphatic carbocycles. The Balaban J connectivity index is 2.71. The molecule has 16 heavy (non-hydrogen) atoms. The van der Waals surface area contributed by atoms with Crippen molar-refractivity contribution in [3.05, 3.63) is 33.4 Å². The Morgan fingerprint density at radius 2 is 1.94 bits per heavy atom. The molecule has 0 aromatic heterocycles. The molecule has 0 fully saturated rings. The van der Waals surface area contributed by atoms with Crippen LogP contribution in [0, 0.1) is 0 Å². The van der Waals surface area contributed by atoms with Crippen LogP contribution in [0.25, 0.3) is 6.08 Å². The van der Waals surface area contributed by atoms with Gasteiger partial charge >= 0.3 is 5.97 Å². The average molecular weight is 259 g/mol. The zero-order valence-electron chi connectivity index (χ0n) is 8.79.